The van der Waals surface area contributed by atoms with Crippen LogP contribution >= 0.6 is 11.8 Å². The zero-order chi connectivity index (χ0) is 20.5. The lowest BCUT2D eigenvalue weighted by Crippen LogP contribution is -2.29. The molecule has 8 nitrogen and oxygen atoms in total. The van der Waals surface area contributed by atoms with E-state index < -0.39 is 5.97 Å². The summed E-state index contributed by atoms with van der Waals surface area (Å²) in [4.78, 5) is 37.5. The number of nitrogens with zero attached hydrogens (tertiary/aromatic N) is 1. The summed E-state index contributed by atoms with van der Waals surface area (Å²) < 4.78 is 20.5. The van der Waals surface area contributed by atoms with Crippen LogP contribution in [0.15, 0.2) is 23.1 Å². The molecule has 0 radical (unpaired) electrons. The minimum atomic E-state index is -0.476. The molecule has 0 aliphatic carbocycles. The van der Waals surface area contributed by atoms with Crippen molar-refractivity contribution in [3.63, 3.8) is 0 Å². The van der Waals surface area contributed by atoms with Gasteiger partial charge in [-0.1, -0.05) is 6.07 Å². The summed E-state index contributed by atoms with van der Waals surface area (Å²) in [6, 6.07) is 5.01. The number of amides is 2. The molecule has 0 bridgehead atoms. The third-order valence-corrected chi connectivity index (χ3v) is 4.65. The predicted octanol–water partition coefficient (Wildman–Crippen LogP) is 2.71. The molecule has 2 rings (SSSR count). The molecule has 1 heterocycles. The van der Waals surface area contributed by atoms with E-state index in [1.54, 1.807) is 38.3 Å². The van der Waals surface area contributed by atoms with E-state index in [0.717, 1.165) is 11.8 Å². The van der Waals surface area contributed by atoms with Crippen molar-refractivity contribution in [2.24, 2.45) is 0 Å². The molecule has 9 heteroatoms. The Morgan fingerprint density at radius 3 is 2.68 bits per heavy atom. The molecule has 0 aromatic heterocycles. The largest absolute Gasteiger partial charge is 0.493 e. The zero-order valence-corrected chi connectivity index (χ0v) is 16.9. The van der Waals surface area contributed by atoms with Gasteiger partial charge in [0, 0.05) is 20.3 Å². The molecule has 1 fully saturated rings. The van der Waals surface area contributed by atoms with Crippen LogP contribution in [0.2, 0.25) is 0 Å². The highest BCUT2D eigenvalue weighted by Gasteiger charge is 2.34. The number of thioether (sulfide) groups is 1. The fraction of sp³-hybridized carbons (Fsp3) is 0.421. The summed E-state index contributed by atoms with van der Waals surface area (Å²) in [5, 5.41) is -0.297. The summed E-state index contributed by atoms with van der Waals surface area (Å²) >= 11 is 0.896. The summed E-state index contributed by atoms with van der Waals surface area (Å²) in [5.74, 6) is -0.0266. The van der Waals surface area contributed by atoms with E-state index in [-0.39, 0.29) is 24.4 Å². The summed E-state index contributed by atoms with van der Waals surface area (Å²) in [7, 11) is 3.04. The fourth-order valence-electron chi connectivity index (χ4n) is 2.44. The lowest BCUT2D eigenvalue weighted by Gasteiger charge is -2.12. The maximum Gasteiger partial charge on any atom is 0.344 e. The Balaban J connectivity index is 2.10. The standard InChI is InChI=1S/C19H23NO7S/c1-4-26-17(21)12-27-14-7-6-13(10-15(14)25-3)11-16-18(22)20(19(23)28-16)8-5-9-24-2/h6-7,10-11H,4-5,8-9,12H2,1-3H3/b16-11+. The van der Waals surface area contributed by atoms with Gasteiger partial charge < -0.3 is 18.9 Å². The van der Waals surface area contributed by atoms with Crippen molar-refractivity contribution in [1.82, 2.24) is 4.90 Å². The van der Waals surface area contributed by atoms with Gasteiger partial charge in [-0.2, -0.15) is 0 Å². The first-order chi connectivity index (χ1) is 13.5. The molecule has 152 valence electrons. The number of imide groups is 1. The van der Waals surface area contributed by atoms with Crippen LogP contribution in [-0.2, 0) is 19.1 Å². The number of methoxy groups -OCH3 is 2. The van der Waals surface area contributed by atoms with E-state index in [0.29, 0.717) is 41.5 Å². The predicted molar refractivity (Wildman–Crippen MR) is 104 cm³/mol. The minimum absolute atomic E-state index is 0.232. The van der Waals surface area contributed by atoms with Crippen LogP contribution < -0.4 is 9.47 Å². The average Bonchev–Trinajstić information content (AvgIpc) is 2.94. The van der Waals surface area contributed by atoms with Gasteiger partial charge in [-0.25, -0.2) is 4.79 Å². The highest BCUT2D eigenvalue weighted by molar-refractivity contribution is 8.18. The number of esters is 1. The molecule has 0 atom stereocenters. The van der Waals surface area contributed by atoms with Crippen molar-refractivity contribution >= 4 is 35.0 Å². The van der Waals surface area contributed by atoms with Gasteiger partial charge in [-0.3, -0.25) is 14.5 Å². The van der Waals surface area contributed by atoms with Gasteiger partial charge in [0.2, 0.25) is 0 Å². The Morgan fingerprint density at radius 2 is 2.00 bits per heavy atom. The highest BCUT2D eigenvalue weighted by atomic mass is 32.2. The van der Waals surface area contributed by atoms with Gasteiger partial charge in [-0.15, -0.1) is 0 Å². The molecule has 1 aromatic rings. The Morgan fingerprint density at radius 1 is 1.21 bits per heavy atom. The molecule has 2 amide bonds. The molecule has 1 aliphatic heterocycles. The summed E-state index contributed by atoms with van der Waals surface area (Å²) in [6.45, 7) is 2.56. The van der Waals surface area contributed by atoms with Gasteiger partial charge in [0.15, 0.2) is 18.1 Å². The lowest BCUT2D eigenvalue weighted by atomic mass is 10.2. The molecule has 28 heavy (non-hydrogen) atoms. The Labute approximate surface area is 167 Å². The number of ether oxygens (including phenoxy) is 4. The third-order valence-electron chi connectivity index (χ3n) is 3.74. The second-order valence-electron chi connectivity index (χ2n) is 5.68. The van der Waals surface area contributed by atoms with E-state index >= 15 is 0 Å². The second kappa shape index (κ2) is 10.7. The first-order valence-electron chi connectivity index (χ1n) is 8.71. The number of hydrogen-bond acceptors (Lipinski definition) is 8. The number of carbonyl (C=O) groups excluding carboxylic acids is 3. The fourth-order valence-corrected chi connectivity index (χ4v) is 3.31. The van der Waals surface area contributed by atoms with Gasteiger partial charge in [0.25, 0.3) is 11.1 Å². The SMILES string of the molecule is CCOC(=O)COc1ccc(/C=C2/SC(=O)N(CCCOC)C2=O)cc1OC. The third kappa shape index (κ3) is 5.74. The van der Waals surface area contributed by atoms with E-state index in [1.807, 2.05) is 0 Å². The number of carbonyl (C=O) groups is 3. The Hall–Kier alpha value is -2.52. The maximum absolute atomic E-state index is 12.4. The Bertz CT molecular complexity index is 763. The van der Waals surface area contributed by atoms with Crippen LogP contribution in [0.5, 0.6) is 11.5 Å². The maximum atomic E-state index is 12.4. The number of benzene rings is 1. The Kier molecular flexibility index (Phi) is 8.34. The van der Waals surface area contributed by atoms with Crippen LogP contribution in [0.3, 0.4) is 0 Å². The van der Waals surface area contributed by atoms with Crippen molar-refractivity contribution < 1.29 is 33.3 Å². The van der Waals surface area contributed by atoms with Crippen molar-refractivity contribution in [3.8, 4) is 11.5 Å². The quantitative estimate of drug-likeness (QED) is 0.331. The van der Waals surface area contributed by atoms with Crippen LogP contribution in [0.25, 0.3) is 6.08 Å². The lowest BCUT2D eigenvalue weighted by molar-refractivity contribution is -0.145. The highest BCUT2D eigenvalue weighted by Crippen LogP contribution is 2.34. The first kappa shape index (κ1) is 21.8. The number of rotatable bonds is 10. The molecule has 0 spiro atoms. The summed E-state index contributed by atoms with van der Waals surface area (Å²) in [6.07, 6.45) is 2.21. The molecule has 0 N–H and O–H groups in total. The van der Waals surface area contributed by atoms with Gasteiger partial charge in [0.05, 0.1) is 18.6 Å². The second-order valence-corrected chi connectivity index (χ2v) is 6.68. The smallest absolute Gasteiger partial charge is 0.344 e. The van der Waals surface area contributed by atoms with Crippen LogP contribution in [0.4, 0.5) is 4.79 Å². The van der Waals surface area contributed by atoms with Gasteiger partial charge >= 0.3 is 5.97 Å². The van der Waals surface area contributed by atoms with Crippen LogP contribution in [0.1, 0.15) is 18.9 Å². The first-order valence-corrected chi connectivity index (χ1v) is 9.52. The van der Waals surface area contributed by atoms with E-state index in [2.05, 4.69) is 0 Å². The molecular weight excluding hydrogens is 386 g/mol. The van der Waals surface area contributed by atoms with Gasteiger partial charge in [0.1, 0.15) is 0 Å². The van der Waals surface area contributed by atoms with Crippen molar-refractivity contribution in [2.45, 2.75) is 13.3 Å². The van der Waals surface area contributed by atoms with Crippen molar-refractivity contribution in [3.05, 3.63) is 28.7 Å². The molecule has 1 aliphatic rings. The zero-order valence-electron chi connectivity index (χ0n) is 16.1. The average molecular weight is 409 g/mol. The monoisotopic (exact) mass is 409 g/mol. The molecule has 1 saturated heterocycles. The van der Waals surface area contributed by atoms with Crippen LogP contribution in [0, 0.1) is 0 Å². The van der Waals surface area contributed by atoms with E-state index in [4.69, 9.17) is 18.9 Å². The van der Waals surface area contributed by atoms with Crippen molar-refractivity contribution in [1.29, 1.82) is 0 Å². The molecule has 0 unspecified atom stereocenters. The minimum Gasteiger partial charge on any atom is -0.493 e. The summed E-state index contributed by atoms with van der Waals surface area (Å²) in [5.41, 5.74) is 0.669. The molecule has 1 aromatic carbocycles. The van der Waals surface area contributed by atoms with E-state index in [1.165, 1.54) is 12.0 Å². The molecular formula is C19H23NO7S. The normalized spacial score (nSPS) is 15.2. The molecule has 0 saturated carbocycles. The van der Waals surface area contributed by atoms with Crippen LogP contribution in [-0.4, -0.2) is 62.6 Å². The topological polar surface area (TPSA) is 91.4 Å². The number of hydrogen-bond donors (Lipinski definition) is 0. The van der Waals surface area contributed by atoms with Crippen molar-refractivity contribution in [2.75, 3.05) is 40.6 Å². The van der Waals surface area contributed by atoms with E-state index in [9.17, 15) is 14.4 Å². The van der Waals surface area contributed by atoms with Gasteiger partial charge in [-0.05, 0) is 48.9 Å².